The number of nitrogens with zero attached hydrogens (tertiary/aromatic N) is 3. The van der Waals surface area contributed by atoms with Crippen LogP contribution in [-0.4, -0.2) is 32.1 Å². The molecule has 0 saturated heterocycles. The number of aromatic nitrogens is 3. The number of carbonyl (C=O) groups excluding carboxylic acids is 1. The van der Waals surface area contributed by atoms with Crippen molar-refractivity contribution in [2.45, 2.75) is 20.3 Å². The fraction of sp³-hybridized carbons (Fsp3) is 0.235. The maximum absolute atomic E-state index is 12.8. The number of aromatic amines is 1. The molecule has 0 aliphatic carbocycles. The third-order valence-electron chi connectivity index (χ3n) is 3.99. The van der Waals surface area contributed by atoms with Crippen LogP contribution in [0.3, 0.4) is 0 Å². The van der Waals surface area contributed by atoms with Crippen LogP contribution in [0, 0.1) is 17.0 Å². The lowest BCUT2D eigenvalue weighted by Gasteiger charge is -2.06. The van der Waals surface area contributed by atoms with Crippen LogP contribution in [0.2, 0.25) is 0 Å². The number of rotatable bonds is 5. The first-order valence-corrected chi connectivity index (χ1v) is 7.92. The van der Waals surface area contributed by atoms with Crippen LogP contribution in [0.1, 0.15) is 34.1 Å². The lowest BCUT2D eigenvalue weighted by Crippen LogP contribution is -2.22. The van der Waals surface area contributed by atoms with Gasteiger partial charge in [0.2, 0.25) is 0 Å². The predicted octanol–water partition coefficient (Wildman–Crippen LogP) is 2.01. The van der Waals surface area contributed by atoms with Crippen molar-refractivity contribution in [2.75, 3.05) is 6.61 Å². The summed E-state index contributed by atoms with van der Waals surface area (Å²) in [6.45, 7) is 3.60. The highest BCUT2D eigenvalue weighted by molar-refractivity contribution is 5.95. The second-order valence-electron chi connectivity index (χ2n) is 5.65. The second-order valence-corrected chi connectivity index (χ2v) is 5.65. The molecule has 2 heterocycles. The summed E-state index contributed by atoms with van der Waals surface area (Å²) >= 11 is 0. The minimum atomic E-state index is -0.555. The van der Waals surface area contributed by atoms with Crippen molar-refractivity contribution >= 4 is 17.3 Å². The summed E-state index contributed by atoms with van der Waals surface area (Å²) in [7, 11) is 0. The fourth-order valence-corrected chi connectivity index (χ4v) is 2.66. The van der Waals surface area contributed by atoms with E-state index in [4.69, 9.17) is 4.74 Å². The van der Waals surface area contributed by atoms with Gasteiger partial charge in [0.25, 0.3) is 11.2 Å². The van der Waals surface area contributed by atoms with Crippen molar-refractivity contribution < 1.29 is 14.5 Å². The monoisotopic (exact) mass is 356 g/mol. The normalized spacial score (nSPS) is 10.8. The Morgan fingerprint density at radius 1 is 1.35 bits per heavy atom. The van der Waals surface area contributed by atoms with E-state index in [2.05, 4.69) is 10.1 Å². The van der Waals surface area contributed by atoms with E-state index in [1.165, 1.54) is 22.8 Å². The van der Waals surface area contributed by atoms with Gasteiger partial charge in [-0.15, -0.1) is 0 Å². The number of aryl methyl sites for hydroxylation is 1. The van der Waals surface area contributed by atoms with Gasteiger partial charge < -0.3 is 4.74 Å². The molecular formula is C17H16N4O5. The second kappa shape index (κ2) is 6.79. The number of hydrogen-bond acceptors (Lipinski definition) is 6. The zero-order valence-electron chi connectivity index (χ0n) is 14.2. The molecule has 9 nitrogen and oxygen atoms in total. The Morgan fingerprint density at radius 2 is 2.04 bits per heavy atom. The summed E-state index contributed by atoms with van der Waals surface area (Å²) < 4.78 is 6.16. The van der Waals surface area contributed by atoms with E-state index in [1.807, 2.05) is 0 Å². The molecule has 0 bridgehead atoms. The highest BCUT2D eigenvalue weighted by Gasteiger charge is 2.19. The standard InChI is InChI=1S/C17H16N4O5/c1-3-26-17(23)14-9-18-20-15(14)19-10(2)13(16(20)22)8-11-4-6-12(7-5-11)21(24)25/h4-7,9,18H,3,8H2,1-2H3. The maximum atomic E-state index is 12.8. The Morgan fingerprint density at radius 3 is 2.65 bits per heavy atom. The molecule has 1 N–H and O–H groups in total. The number of nitrogens with one attached hydrogen (secondary N) is 1. The van der Waals surface area contributed by atoms with Crippen LogP contribution < -0.4 is 5.56 Å². The van der Waals surface area contributed by atoms with Crippen LogP contribution in [-0.2, 0) is 11.2 Å². The number of nitro groups is 1. The Kier molecular flexibility index (Phi) is 4.53. The number of nitro benzene ring substituents is 1. The lowest BCUT2D eigenvalue weighted by atomic mass is 10.0. The molecule has 0 saturated carbocycles. The summed E-state index contributed by atoms with van der Waals surface area (Å²) in [5, 5.41) is 13.5. The van der Waals surface area contributed by atoms with Crippen LogP contribution in [0.4, 0.5) is 5.69 Å². The number of benzene rings is 1. The minimum Gasteiger partial charge on any atom is -0.462 e. The van der Waals surface area contributed by atoms with Crippen molar-refractivity contribution in [3.8, 4) is 0 Å². The van der Waals surface area contributed by atoms with Gasteiger partial charge in [0.05, 0.1) is 11.5 Å². The highest BCUT2D eigenvalue weighted by Crippen LogP contribution is 2.16. The highest BCUT2D eigenvalue weighted by atomic mass is 16.6. The van der Waals surface area contributed by atoms with E-state index in [-0.39, 0.29) is 35.5 Å². The molecule has 0 amide bonds. The molecule has 1 aromatic carbocycles. The van der Waals surface area contributed by atoms with Gasteiger partial charge in [-0.25, -0.2) is 14.3 Å². The van der Waals surface area contributed by atoms with E-state index in [9.17, 15) is 19.7 Å². The van der Waals surface area contributed by atoms with Gasteiger partial charge in [-0.1, -0.05) is 12.1 Å². The number of fused-ring (bicyclic) bond motifs is 1. The van der Waals surface area contributed by atoms with Gasteiger partial charge in [-0.2, -0.15) is 0 Å². The van der Waals surface area contributed by atoms with E-state index in [0.29, 0.717) is 11.3 Å². The molecule has 0 unspecified atom stereocenters. The van der Waals surface area contributed by atoms with E-state index in [1.54, 1.807) is 26.0 Å². The minimum absolute atomic E-state index is 0.0146. The van der Waals surface area contributed by atoms with Crippen molar-refractivity contribution in [1.29, 1.82) is 0 Å². The van der Waals surface area contributed by atoms with E-state index in [0.717, 1.165) is 5.56 Å². The Balaban J connectivity index is 2.01. The quantitative estimate of drug-likeness (QED) is 0.424. The molecule has 0 aliphatic heterocycles. The number of non-ortho nitro benzene ring substituents is 1. The number of esters is 1. The van der Waals surface area contributed by atoms with Gasteiger partial charge in [0.15, 0.2) is 5.65 Å². The molecule has 2 aromatic heterocycles. The summed E-state index contributed by atoms with van der Waals surface area (Å²) in [4.78, 5) is 39.3. The van der Waals surface area contributed by atoms with Crippen LogP contribution >= 0.6 is 0 Å². The van der Waals surface area contributed by atoms with Gasteiger partial charge in [-0.05, 0) is 19.4 Å². The van der Waals surface area contributed by atoms with Gasteiger partial charge in [0, 0.05) is 36.0 Å². The van der Waals surface area contributed by atoms with Gasteiger partial charge >= 0.3 is 5.97 Å². The number of H-pyrrole nitrogens is 1. The Labute approximate surface area is 147 Å². The van der Waals surface area contributed by atoms with Crippen molar-refractivity contribution in [1.82, 2.24) is 14.6 Å². The average molecular weight is 356 g/mol. The number of ether oxygens (including phenoxy) is 1. The predicted molar refractivity (Wildman–Crippen MR) is 92.4 cm³/mol. The number of hydrogen-bond donors (Lipinski definition) is 1. The van der Waals surface area contributed by atoms with Crippen LogP contribution in [0.25, 0.3) is 5.65 Å². The summed E-state index contributed by atoms with van der Waals surface area (Å²) in [5.41, 5.74) is 1.72. The molecule has 9 heteroatoms. The Bertz CT molecular complexity index is 1050. The molecule has 3 rings (SSSR count). The zero-order valence-corrected chi connectivity index (χ0v) is 14.2. The zero-order chi connectivity index (χ0) is 18.8. The Hall–Kier alpha value is -3.49. The first kappa shape index (κ1) is 17.3. The summed E-state index contributed by atoms with van der Waals surface area (Å²) in [6, 6.07) is 5.98. The van der Waals surface area contributed by atoms with Crippen LogP contribution in [0.15, 0.2) is 35.3 Å². The topological polar surface area (TPSA) is 120 Å². The third kappa shape index (κ3) is 3.06. The molecule has 0 aliphatic rings. The fourth-order valence-electron chi connectivity index (χ4n) is 2.66. The summed E-state index contributed by atoms with van der Waals surface area (Å²) in [6.07, 6.45) is 1.66. The van der Waals surface area contributed by atoms with Gasteiger partial charge in [0.1, 0.15) is 5.56 Å². The van der Waals surface area contributed by atoms with E-state index >= 15 is 0 Å². The first-order chi connectivity index (χ1) is 12.4. The molecule has 0 spiro atoms. The van der Waals surface area contributed by atoms with Crippen molar-refractivity contribution in [2.24, 2.45) is 0 Å². The average Bonchev–Trinajstić information content (AvgIpc) is 3.03. The van der Waals surface area contributed by atoms with Crippen LogP contribution in [0.5, 0.6) is 0 Å². The summed E-state index contributed by atoms with van der Waals surface area (Å²) in [5.74, 6) is -0.555. The maximum Gasteiger partial charge on any atom is 0.343 e. The van der Waals surface area contributed by atoms with E-state index < -0.39 is 10.9 Å². The molecule has 0 radical (unpaired) electrons. The molecule has 134 valence electrons. The lowest BCUT2D eigenvalue weighted by molar-refractivity contribution is -0.384. The molecular weight excluding hydrogens is 340 g/mol. The number of carbonyl (C=O) groups is 1. The van der Waals surface area contributed by atoms with Crippen molar-refractivity contribution in [3.05, 3.63) is 73.3 Å². The largest absolute Gasteiger partial charge is 0.462 e. The van der Waals surface area contributed by atoms with Crippen molar-refractivity contribution in [3.63, 3.8) is 0 Å². The SMILES string of the molecule is CCOC(=O)c1c[nH]n2c(=O)c(Cc3ccc([N+](=O)[O-])cc3)c(C)nc12. The third-order valence-corrected chi connectivity index (χ3v) is 3.99. The molecule has 0 fully saturated rings. The first-order valence-electron chi connectivity index (χ1n) is 7.92. The smallest absolute Gasteiger partial charge is 0.343 e. The molecule has 3 aromatic rings. The molecule has 26 heavy (non-hydrogen) atoms. The molecule has 0 atom stereocenters. The van der Waals surface area contributed by atoms with Gasteiger partial charge in [-0.3, -0.25) is 20.0 Å².